The third-order valence-electron chi connectivity index (χ3n) is 3.53. The molecule has 1 aliphatic carbocycles. The van der Waals surface area contributed by atoms with Crippen LogP contribution in [0.5, 0.6) is 0 Å². The topological polar surface area (TPSA) is 74.0 Å². The molecule has 1 aromatic heterocycles. The summed E-state index contributed by atoms with van der Waals surface area (Å²) in [6.07, 6.45) is 3.89. The maximum absolute atomic E-state index is 12.3. The number of fused-ring (bicyclic) bond motifs is 1. The zero-order chi connectivity index (χ0) is 14.1. The van der Waals surface area contributed by atoms with Gasteiger partial charge in [-0.2, -0.15) is 0 Å². The van der Waals surface area contributed by atoms with Crippen molar-refractivity contribution in [3.63, 3.8) is 0 Å². The molecule has 1 heterocycles. The van der Waals surface area contributed by atoms with Gasteiger partial charge >= 0.3 is 6.03 Å². The molecule has 0 aliphatic heterocycles. The van der Waals surface area contributed by atoms with Crippen molar-refractivity contribution in [2.45, 2.75) is 19.8 Å². The highest BCUT2D eigenvalue weighted by atomic mass is 16.2. The number of benzene rings is 1. The zero-order valence-electron chi connectivity index (χ0n) is 11.3. The van der Waals surface area contributed by atoms with Crippen LogP contribution in [0.1, 0.15) is 18.4 Å². The first-order valence-corrected chi connectivity index (χ1v) is 6.80. The van der Waals surface area contributed by atoms with Crippen molar-refractivity contribution in [3.8, 4) is 0 Å². The molecule has 0 spiro atoms. The Morgan fingerprint density at radius 1 is 1.40 bits per heavy atom. The number of nitrogens with one attached hydrogen (secondary N) is 3. The van der Waals surface area contributed by atoms with Gasteiger partial charge in [0.15, 0.2) is 0 Å². The Kier molecular flexibility index (Phi) is 3.18. The van der Waals surface area contributed by atoms with Crippen molar-refractivity contribution in [2.24, 2.45) is 5.92 Å². The van der Waals surface area contributed by atoms with E-state index >= 15 is 0 Å². The Morgan fingerprint density at radius 2 is 2.20 bits per heavy atom. The summed E-state index contributed by atoms with van der Waals surface area (Å²) in [6, 6.07) is 5.30. The number of carbonyl (C=O) groups is 1. The van der Waals surface area contributed by atoms with Crippen LogP contribution in [0.15, 0.2) is 29.2 Å². The molecule has 20 heavy (non-hydrogen) atoms. The monoisotopic (exact) mass is 271 g/mol. The van der Waals surface area contributed by atoms with E-state index in [1.165, 1.54) is 19.0 Å². The minimum atomic E-state index is -0.325. The summed E-state index contributed by atoms with van der Waals surface area (Å²) in [5.41, 5.74) is 1.89. The highest BCUT2D eigenvalue weighted by Gasteiger charge is 2.21. The second-order valence-corrected chi connectivity index (χ2v) is 5.36. The lowest BCUT2D eigenvalue weighted by atomic mass is 10.1. The van der Waals surface area contributed by atoms with Gasteiger partial charge in [0.25, 0.3) is 0 Å². The van der Waals surface area contributed by atoms with Gasteiger partial charge < -0.3 is 15.6 Å². The number of H-pyrrole nitrogens is 1. The van der Waals surface area contributed by atoms with Crippen molar-refractivity contribution in [1.82, 2.24) is 10.3 Å². The van der Waals surface area contributed by atoms with E-state index in [2.05, 4.69) is 15.6 Å². The highest BCUT2D eigenvalue weighted by Crippen LogP contribution is 2.27. The van der Waals surface area contributed by atoms with Gasteiger partial charge in [0, 0.05) is 23.6 Å². The number of rotatable bonds is 3. The van der Waals surface area contributed by atoms with Crippen molar-refractivity contribution in [2.75, 3.05) is 11.9 Å². The van der Waals surface area contributed by atoms with Crippen LogP contribution in [-0.4, -0.2) is 17.6 Å². The lowest BCUT2D eigenvalue weighted by molar-refractivity contribution is 0.251. The minimum absolute atomic E-state index is 0.163. The summed E-state index contributed by atoms with van der Waals surface area (Å²) in [5.74, 6) is 0.610. The lowest BCUT2D eigenvalue weighted by Crippen LogP contribution is -2.32. The third kappa shape index (κ3) is 2.66. The van der Waals surface area contributed by atoms with Gasteiger partial charge in [-0.3, -0.25) is 4.79 Å². The number of aryl methyl sites for hydroxylation is 1. The van der Waals surface area contributed by atoms with E-state index in [1.807, 2.05) is 25.1 Å². The van der Waals surface area contributed by atoms with Crippen LogP contribution < -0.4 is 16.1 Å². The molecular weight excluding hydrogens is 254 g/mol. The molecular formula is C15H17N3O2. The molecule has 1 aliphatic rings. The highest BCUT2D eigenvalue weighted by molar-refractivity contribution is 5.92. The lowest BCUT2D eigenvalue weighted by Gasteiger charge is -2.07. The quantitative estimate of drug-likeness (QED) is 0.801. The standard InChI is InChI=1S/C15H17N3O2/c1-9-2-5-12-11(6-9)14(19)13(8-16-12)18-15(20)17-7-10-3-4-10/h2,5-6,8,10H,3-4,7H2,1H3,(H,16,19)(H2,17,18,20). The average Bonchev–Trinajstić information content (AvgIpc) is 3.24. The summed E-state index contributed by atoms with van der Waals surface area (Å²) in [5, 5.41) is 5.98. The number of amides is 2. The molecule has 0 radical (unpaired) electrons. The van der Waals surface area contributed by atoms with Gasteiger partial charge in [-0.1, -0.05) is 11.6 Å². The molecule has 2 aromatic rings. The summed E-state index contributed by atoms with van der Waals surface area (Å²) in [6.45, 7) is 2.61. The fourth-order valence-electron chi connectivity index (χ4n) is 2.15. The first-order valence-electron chi connectivity index (χ1n) is 6.80. The first-order chi connectivity index (χ1) is 9.63. The Balaban J connectivity index is 1.82. The molecule has 2 amide bonds. The summed E-state index contributed by atoms with van der Waals surface area (Å²) >= 11 is 0. The van der Waals surface area contributed by atoms with E-state index in [0.717, 1.165) is 11.1 Å². The van der Waals surface area contributed by atoms with Crippen molar-refractivity contribution in [3.05, 3.63) is 40.2 Å². The van der Waals surface area contributed by atoms with E-state index in [-0.39, 0.29) is 17.1 Å². The van der Waals surface area contributed by atoms with Crippen LogP contribution >= 0.6 is 0 Å². The Morgan fingerprint density at radius 3 is 2.95 bits per heavy atom. The molecule has 0 saturated heterocycles. The van der Waals surface area contributed by atoms with E-state index in [1.54, 1.807) is 0 Å². The predicted molar refractivity (Wildman–Crippen MR) is 79.1 cm³/mol. The molecule has 0 atom stereocenters. The molecule has 104 valence electrons. The normalized spacial score (nSPS) is 14.2. The van der Waals surface area contributed by atoms with E-state index < -0.39 is 0 Å². The Bertz CT molecular complexity index is 717. The van der Waals surface area contributed by atoms with Gasteiger partial charge in [0.05, 0.1) is 0 Å². The average molecular weight is 271 g/mol. The maximum atomic E-state index is 12.3. The van der Waals surface area contributed by atoms with Crippen LogP contribution in [0.25, 0.3) is 10.9 Å². The maximum Gasteiger partial charge on any atom is 0.319 e. The van der Waals surface area contributed by atoms with Gasteiger partial charge in [-0.25, -0.2) is 4.79 Å². The Hall–Kier alpha value is -2.30. The van der Waals surface area contributed by atoms with E-state index in [0.29, 0.717) is 17.8 Å². The SMILES string of the molecule is Cc1ccc2[nH]cc(NC(=O)NCC3CC3)c(=O)c2c1. The van der Waals surface area contributed by atoms with Crippen molar-refractivity contribution < 1.29 is 4.79 Å². The first kappa shape index (κ1) is 12.7. The number of urea groups is 1. The van der Waals surface area contributed by atoms with Crippen LogP contribution in [0, 0.1) is 12.8 Å². The fourth-order valence-corrected chi connectivity index (χ4v) is 2.15. The second kappa shape index (κ2) is 5.00. The predicted octanol–water partition coefficient (Wildman–Crippen LogP) is 2.37. The number of aromatic nitrogens is 1. The third-order valence-corrected chi connectivity index (χ3v) is 3.53. The smallest absolute Gasteiger partial charge is 0.319 e. The number of carbonyl (C=O) groups excluding carboxylic acids is 1. The zero-order valence-corrected chi connectivity index (χ0v) is 11.3. The van der Waals surface area contributed by atoms with E-state index in [4.69, 9.17) is 0 Å². The molecule has 1 fully saturated rings. The van der Waals surface area contributed by atoms with Crippen LogP contribution in [0.2, 0.25) is 0 Å². The number of anilines is 1. The van der Waals surface area contributed by atoms with Crippen LogP contribution in [-0.2, 0) is 0 Å². The molecule has 5 nitrogen and oxygen atoms in total. The van der Waals surface area contributed by atoms with Gasteiger partial charge in [0.1, 0.15) is 5.69 Å². The molecule has 0 bridgehead atoms. The molecule has 3 rings (SSSR count). The molecule has 1 saturated carbocycles. The number of pyridine rings is 1. The number of hydrogen-bond acceptors (Lipinski definition) is 2. The summed E-state index contributed by atoms with van der Waals surface area (Å²) in [4.78, 5) is 27.1. The van der Waals surface area contributed by atoms with Gasteiger partial charge in [-0.05, 0) is 37.8 Å². The van der Waals surface area contributed by atoms with Gasteiger partial charge in [0.2, 0.25) is 5.43 Å². The minimum Gasteiger partial charge on any atom is -0.359 e. The van der Waals surface area contributed by atoms with Gasteiger partial charge in [-0.15, -0.1) is 0 Å². The molecule has 3 N–H and O–H groups in total. The molecule has 0 unspecified atom stereocenters. The number of aromatic amines is 1. The summed E-state index contributed by atoms with van der Waals surface area (Å²) in [7, 11) is 0. The molecule has 5 heteroatoms. The molecule has 1 aromatic carbocycles. The second-order valence-electron chi connectivity index (χ2n) is 5.36. The van der Waals surface area contributed by atoms with Crippen LogP contribution in [0.4, 0.5) is 10.5 Å². The Labute approximate surface area is 116 Å². The summed E-state index contributed by atoms with van der Waals surface area (Å²) < 4.78 is 0. The van der Waals surface area contributed by atoms with Crippen LogP contribution in [0.3, 0.4) is 0 Å². The van der Waals surface area contributed by atoms with Crippen molar-refractivity contribution >= 4 is 22.6 Å². The van der Waals surface area contributed by atoms with E-state index in [9.17, 15) is 9.59 Å². The largest absolute Gasteiger partial charge is 0.359 e. The van der Waals surface area contributed by atoms with Crippen molar-refractivity contribution in [1.29, 1.82) is 0 Å². The number of hydrogen-bond donors (Lipinski definition) is 3. The fraction of sp³-hybridized carbons (Fsp3) is 0.333.